The van der Waals surface area contributed by atoms with E-state index in [1.807, 2.05) is 53.3 Å². The fraction of sp³-hybridized carbons (Fsp3) is 0.286. The number of rotatable bonds is 6. The number of nitrogens with one attached hydrogen (secondary N) is 1. The number of aromatic nitrogens is 5. The summed E-state index contributed by atoms with van der Waals surface area (Å²) >= 11 is 1.43. The number of halogens is 1. The van der Waals surface area contributed by atoms with Gasteiger partial charge < -0.3 is 14.4 Å². The summed E-state index contributed by atoms with van der Waals surface area (Å²) in [5.41, 5.74) is 1.63. The minimum Gasteiger partial charge on any atom is -0.494 e. The molecule has 0 unspecified atom stereocenters. The van der Waals surface area contributed by atoms with E-state index < -0.39 is 5.67 Å². The maximum atomic E-state index is 13.8. The van der Waals surface area contributed by atoms with E-state index in [9.17, 15) is 4.39 Å². The Hall–Kier alpha value is -3.27. The summed E-state index contributed by atoms with van der Waals surface area (Å²) in [6.07, 6.45) is 7.21. The average Bonchev–Trinajstić information content (AvgIpc) is 3.37. The van der Waals surface area contributed by atoms with Crippen molar-refractivity contribution in [1.82, 2.24) is 24.5 Å². The lowest BCUT2D eigenvalue weighted by Crippen LogP contribution is -2.57. The van der Waals surface area contributed by atoms with E-state index in [0.29, 0.717) is 18.9 Å². The highest BCUT2D eigenvalue weighted by molar-refractivity contribution is 8.00. The lowest BCUT2D eigenvalue weighted by Gasteiger charge is -2.43. The molecule has 3 aromatic heterocycles. The third kappa shape index (κ3) is 3.67. The molecule has 1 fully saturated rings. The van der Waals surface area contributed by atoms with Crippen LogP contribution >= 0.6 is 11.9 Å². The first-order chi connectivity index (χ1) is 14.9. The number of hydrogen-bond acceptors (Lipinski definition) is 7. The summed E-state index contributed by atoms with van der Waals surface area (Å²) < 4.78 is 26.3. The van der Waals surface area contributed by atoms with Gasteiger partial charge in [-0.1, -0.05) is 0 Å². The van der Waals surface area contributed by atoms with Crippen molar-refractivity contribution >= 4 is 34.2 Å². The summed E-state index contributed by atoms with van der Waals surface area (Å²) in [6, 6.07) is 7.71. The zero-order valence-corrected chi connectivity index (χ0v) is 18.2. The van der Waals surface area contributed by atoms with Gasteiger partial charge in [0.15, 0.2) is 5.82 Å². The summed E-state index contributed by atoms with van der Waals surface area (Å²) in [5.74, 6) is 1.42. The Bertz CT molecular complexity index is 1240. The second kappa shape index (κ2) is 7.45. The monoisotopic (exact) mass is 439 g/mol. The topological polar surface area (TPSA) is 73.0 Å². The molecule has 31 heavy (non-hydrogen) atoms. The number of nitrogens with zero attached hydrogens (tertiary/aromatic N) is 6. The van der Waals surface area contributed by atoms with Gasteiger partial charge in [-0.25, -0.2) is 14.1 Å². The summed E-state index contributed by atoms with van der Waals surface area (Å²) in [6.45, 7) is 2.40. The lowest BCUT2D eigenvalue weighted by atomic mass is 9.98. The van der Waals surface area contributed by atoms with Crippen molar-refractivity contribution in [3.05, 3.63) is 49.1 Å². The Kier molecular flexibility index (Phi) is 4.73. The first kappa shape index (κ1) is 19.7. The Labute approximate surface area is 183 Å². The largest absolute Gasteiger partial charge is 0.494 e. The minimum absolute atomic E-state index is 0.391. The van der Waals surface area contributed by atoms with Gasteiger partial charge in [-0.15, -0.1) is 0 Å². The van der Waals surface area contributed by atoms with Crippen LogP contribution in [0.1, 0.15) is 6.92 Å². The number of alkyl halides is 1. The van der Waals surface area contributed by atoms with Crippen molar-refractivity contribution in [3.8, 4) is 11.6 Å². The van der Waals surface area contributed by atoms with Gasteiger partial charge in [0.1, 0.15) is 17.1 Å². The molecule has 160 valence electrons. The average molecular weight is 440 g/mol. The predicted molar refractivity (Wildman–Crippen MR) is 120 cm³/mol. The molecule has 4 heterocycles. The number of benzene rings is 1. The molecule has 1 N–H and O–H groups in total. The van der Waals surface area contributed by atoms with Gasteiger partial charge in [0.05, 0.1) is 43.0 Å². The van der Waals surface area contributed by atoms with Crippen molar-refractivity contribution in [3.63, 3.8) is 0 Å². The van der Waals surface area contributed by atoms with Crippen molar-refractivity contribution in [2.45, 2.75) is 17.5 Å². The van der Waals surface area contributed by atoms with E-state index in [2.05, 4.69) is 19.9 Å². The SMILES string of the molecule is COc1ccc2cnn(C)c2c1NSc1cnn(-c2cc(N3CC(C)(F)C3)ccn2)c1. The molecule has 0 saturated carbocycles. The van der Waals surface area contributed by atoms with E-state index in [1.54, 1.807) is 31.1 Å². The molecule has 1 aliphatic rings. The third-order valence-corrected chi connectivity index (χ3v) is 6.04. The molecule has 8 nitrogen and oxygen atoms in total. The van der Waals surface area contributed by atoms with Gasteiger partial charge >= 0.3 is 0 Å². The number of aryl methyl sites for hydroxylation is 1. The van der Waals surface area contributed by atoms with Crippen LogP contribution in [0.5, 0.6) is 5.75 Å². The van der Waals surface area contributed by atoms with Crippen LogP contribution in [0.25, 0.3) is 16.7 Å². The molecule has 0 radical (unpaired) electrons. The van der Waals surface area contributed by atoms with Gasteiger partial charge in [-0.3, -0.25) is 4.68 Å². The molecule has 1 saturated heterocycles. The molecule has 0 aliphatic carbocycles. The van der Waals surface area contributed by atoms with Crippen molar-refractivity contribution in [2.75, 3.05) is 29.8 Å². The molecule has 0 amide bonds. The highest BCUT2D eigenvalue weighted by Crippen LogP contribution is 2.36. The van der Waals surface area contributed by atoms with Crippen molar-refractivity contribution in [1.29, 1.82) is 0 Å². The minimum atomic E-state index is -1.12. The molecule has 1 aliphatic heterocycles. The number of ether oxygens (including phenoxy) is 1. The predicted octanol–water partition coefficient (Wildman–Crippen LogP) is 3.83. The Balaban J connectivity index is 1.35. The molecule has 1 aromatic carbocycles. The standard InChI is InChI=1S/C21H22FN7OS/c1-21(22)12-28(13-21)15-6-7-23-18(8-15)29-11-16(10-25-29)31-26-19-17(30-3)5-4-14-9-24-27(2)20(14)19/h4-11,26H,12-13H2,1-3H3. The van der Waals surface area contributed by atoms with Crippen LogP contribution in [0.2, 0.25) is 0 Å². The Morgan fingerprint density at radius 3 is 2.81 bits per heavy atom. The fourth-order valence-electron chi connectivity index (χ4n) is 3.77. The van der Waals surface area contributed by atoms with Crippen LogP contribution in [-0.4, -0.2) is 50.4 Å². The zero-order chi connectivity index (χ0) is 21.6. The van der Waals surface area contributed by atoms with Gasteiger partial charge in [-0.05, 0) is 37.1 Å². The van der Waals surface area contributed by atoms with Crippen LogP contribution in [0.15, 0.2) is 53.9 Å². The quantitative estimate of drug-likeness (QED) is 0.458. The zero-order valence-electron chi connectivity index (χ0n) is 17.4. The smallest absolute Gasteiger partial charge is 0.155 e. The second-order valence-electron chi connectivity index (χ2n) is 7.82. The van der Waals surface area contributed by atoms with E-state index in [4.69, 9.17) is 4.74 Å². The highest BCUT2D eigenvalue weighted by Gasteiger charge is 2.38. The van der Waals surface area contributed by atoms with Crippen molar-refractivity contribution in [2.24, 2.45) is 7.05 Å². The van der Waals surface area contributed by atoms with Crippen LogP contribution < -0.4 is 14.4 Å². The number of methoxy groups -OCH3 is 1. The van der Waals surface area contributed by atoms with Crippen LogP contribution in [0.3, 0.4) is 0 Å². The molecule has 0 atom stereocenters. The lowest BCUT2D eigenvalue weighted by molar-refractivity contribution is 0.144. The van der Waals surface area contributed by atoms with Crippen molar-refractivity contribution < 1.29 is 9.13 Å². The molecule has 10 heteroatoms. The maximum Gasteiger partial charge on any atom is 0.155 e. The van der Waals surface area contributed by atoms with Gasteiger partial charge in [0.25, 0.3) is 0 Å². The third-order valence-electron chi connectivity index (χ3n) is 5.28. The molecular weight excluding hydrogens is 417 g/mol. The van der Waals surface area contributed by atoms with E-state index in [0.717, 1.165) is 32.9 Å². The summed E-state index contributed by atoms with van der Waals surface area (Å²) in [7, 11) is 3.55. The molecular formula is C21H22FN7OS. The normalized spacial score (nSPS) is 15.2. The first-order valence-corrected chi connectivity index (χ1v) is 10.6. The van der Waals surface area contributed by atoms with Gasteiger partial charge in [-0.2, -0.15) is 10.2 Å². The number of hydrogen-bond donors (Lipinski definition) is 1. The maximum absolute atomic E-state index is 13.8. The number of anilines is 2. The van der Waals surface area contributed by atoms with Crippen LogP contribution in [0.4, 0.5) is 15.8 Å². The molecule has 4 aromatic rings. The van der Waals surface area contributed by atoms with E-state index >= 15 is 0 Å². The molecule has 0 bridgehead atoms. The Morgan fingerprint density at radius 2 is 2.03 bits per heavy atom. The van der Waals surface area contributed by atoms with Crippen LogP contribution in [-0.2, 0) is 7.05 Å². The van der Waals surface area contributed by atoms with Crippen LogP contribution in [0, 0.1) is 0 Å². The number of fused-ring (bicyclic) bond motifs is 1. The first-order valence-electron chi connectivity index (χ1n) is 9.80. The Morgan fingerprint density at radius 1 is 1.19 bits per heavy atom. The summed E-state index contributed by atoms with van der Waals surface area (Å²) in [5, 5.41) is 9.80. The molecule has 5 rings (SSSR count). The second-order valence-corrected chi connectivity index (χ2v) is 8.69. The van der Waals surface area contributed by atoms with Gasteiger partial charge in [0, 0.05) is 36.6 Å². The fourth-order valence-corrected chi connectivity index (χ4v) is 4.44. The number of pyridine rings is 1. The van der Waals surface area contributed by atoms with E-state index in [-0.39, 0.29) is 0 Å². The van der Waals surface area contributed by atoms with Gasteiger partial charge in [0.2, 0.25) is 0 Å². The van der Waals surface area contributed by atoms with E-state index in [1.165, 1.54) is 11.9 Å². The molecule has 0 spiro atoms. The highest BCUT2D eigenvalue weighted by atomic mass is 32.2. The summed E-state index contributed by atoms with van der Waals surface area (Å²) in [4.78, 5) is 7.31.